The summed E-state index contributed by atoms with van der Waals surface area (Å²) in [6.07, 6.45) is 9.40. The Bertz CT molecular complexity index is 499. The molecule has 2 aliphatic rings. The first-order valence-electron chi connectivity index (χ1n) is 10.6. The number of piperidine rings is 1. The number of hydrogen-bond donors (Lipinski definition) is 4. The molecule has 1 saturated carbocycles. The van der Waals surface area contributed by atoms with Crippen molar-refractivity contribution < 1.29 is 14.4 Å². The first kappa shape index (κ1) is 21.7. The van der Waals surface area contributed by atoms with E-state index < -0.39 is 12.1 Å². The monoisotopic (exact) mass is 380 g/mol. The Hall–Kier alpha value is -1.63. The molecule has 0 aromatic heterocycles. The van der Waals surface area contributed by atoms with Crippen LogP contribution in [-0.4, -0.2) is 49.4 Å². The van der Waals surface area contributed by atoms with Crippen molar-refractivity contribution in [2.24, 2.45) is 5.92 Å². The fourth-order valence-electron chi connectivity index (χ4n) is 4.13. The van der Waals surface area contributed by atoms with Crippen LogP contribution >= 0.6 is 0 Å². The van der Waals surface area contributed by atoms with Gasteiger partial charge in [0, 0.05) is 7.05 Å². The van der Waals surface area contributed by atoms with Gasteiger partial charge in [0.05, 0.1) is 6.04 Å². The molecular formula is C20H36N4O3. The first-order valence-corrected chi connectivity index (χ1v) is 10.6. The smallest absolute Gasteiger partial charge is 0.243 e. The molecule has 0 bridgehead atoms. The average molecular weight is 381 g/mol. The van der Waals surface area contributed by atoms with Crippen LogP contribution in [-0.2, 0) is 14.4 Å². The average Bonchev–Trinajstić information content (AvgIpc) is 3.23. The van der Waals surface area contributed by atoms with Gasteiger partial charge < -0.3 is 21.3 Å². The van der Waals surface area contributed by atoms with E-state index in [1.54, 1.807) is 7.05 Å². The van der Waals surface area contributed by atoms with Crippen molar-refractivity contribution in [2.45, 2.75) is 89.3 Å². The summed E-state index contributed by atoms with van der Waals surface area (Å²) in [6.45, 7) is 2.90. The van der Waals surface area contributed by atoms with Crippen LogP contribution in [0.1, 0.15) is 71.1 Å². The summed E-state index contributed by atoms with van der Waals surface area (Å²) >= 11 is 0. The van der Waals surface area contributed by atoms with Gasteiger partial charge >= 0.3 is 0 Å². The minimum Gasteiger partial charge on any atom is -0.357 e. The summed E-state index contributed by atoms with van der Waals surface area (Å²) in [4.78, 5) is 37.8. The molecular weight excluding hydrogens is 344 g/mol. The third kappa shape index (κ3) is 6.48. The van der Waals surface area contributed by atoms with E-state index in [0.717, 1.165) is 64.3 Å². The van der Waals surface area contributed by atoms with Crippen LogP contribution < -0.4 is 21.3 Å². The number of hydrogen-bond acceptors (Lipinski definition) is 4. The summed E-state index contributed by atoms with van der Waals surface area (Å²) < 4.78 is 0. The van der Waals surface area contributed by atoms with Crippen LogP contribution in [0, 0.1) is 5.92 Å². The van der Waals surface area contributed by atoms with Crippen molar-refractivity contribution in [2.75, 3.05) is 13.6 Å². The Morgan fingerprint density at radius 1 is 1.00 bits per heavy atom. The Morgan fingerprint density at radius 3 is 2.30 bits per heavy atom. The predicted molar refractivity (Wildman–Crippen MR) is 105 cm³/mol. The Kier molecular flexibility index (Phi) is 9.04. The van der Waals surface area contributed by atoms with Crippen molar-refractivity contribution in [1.29, 1.82) is 0 Å². The maximum absolute atomic E-state index is 13.0. The first-order chi connectivity index (χ1) is 13.1. The summed E-state index contributed by atoms with van der Waals surface area (Å²) in [5, 5.41) is 11.8. The van der Waals surface area contributed by atoms with Gasteiger partial charge in [-0.05, 0) is 44.6 Å². The summed E-state index contributed by atoms with van der Waals surface area (Å²) in [5.74, 6) is -0.348. The highest BCUT2D eigenvalue weighted by molar-refractivity contribution is 5.93. The van der Waals surface area contributed by atoms with E-state index in [4.69, 9.17) is 0 Å². The minimum atomic E-state index is -0.558. The molecule has 1 heterocycles. The molecule has 7 nitrogen and oxygen atoms in total. The predicted octanol–water partition coefficient (Wildman–Crippen LogP) is 1.22. The van der Waals surface area contributed by atoms with Gasteiger partial charge in [0.1, 0.15) is 12.1 Å². The molecule has 2 rings (SSSR count). The van der Waals surface area contributed by atoms with Gasteiger partial charge in [-0.2, -0.15) is 0 Å². The normalized spacial score (nSPS) is 22.7. The van der Waals surface area contributed by atoms with E-state index in [-0.39, 0.29) is 29.7 Å². The molecule has 3 atom stereocenters. The van der Waals surface area contributed by atoms with Crippen molar-refractivity contribution >= 4 is 17.7 Å². The molecule has 154 valence electrons. The number of rotatable bonds is 9. The maximum Gasteiger partial charge on any atom is 0.243 e. The summed E-state index contributed by atoms with van der Waals surface area (Å²) in [6, 6.07) is -1.32. The molecule has 27 heavy (non-hydrogen) atoms. The quantitative estimate of drug-likeness (QED) is 0.483. The van der Waals surface area contributed by atoms with Gasteiger partial charge in [-0.3, -0.25) is 14.4 Å². The van der Waals surface area contributed by atoms with E-state index >= 15 is 0 Å². The fourth-order valence-corrected chi connectivity index (χ4v) is 4.13. The summed E-state index contributed by atoms with van der Waals surface area (Å²) in [5.41, 5.74) is 0. The Morgan fingerprint density at radius 2 is 1.70 bits per heavy atom. The lowest BCUT2D eigenvalue weighted by molar-refractivity contribution is -0.134. The van der Waals surface area contributed by atoms with E-state index in [1.807, 2.05) is 0 Å². The second kappa shape index (κ2) is 11.3. The molecule has 0 aromatic rings. The topological polar surface area (TPSA) is 99.3 Å². The van der Waals surface area contributed by atoms with E-state index in [0.29, 0.717) is 6.42 Å². The molecule has 0 radical (unpaired) electrons. The van der Waals surface area contributed by atoms with Crippen molar-refractivity contribution in [3.05, 3.63) is 0 Å². The highest BCUT2D eigenvalue weighted by atomic mass is 16.2. The third-order valence-corrected chi connectivity index (χ3v) is 5.80. The lowest BCUT2D eigenvalue weighted by atomic mass is 9.95. The van der Waals surface area contributed by atoms with Gasteiger partial charge in [-0.25, -0.2) is 0 Å². The van der Waals surface area contributed by atoms with Crippen LogP contribution in [0.2, 0.25) is 0 Å². The number of amides is 3. The van der Waals surface area contributed by atoms with Crippen molar-refractivity contribution in [3.8, 4) is 0 Å². The SMILES string of the molecule is CCCC[C@@H](NC(=O)[C@H](NC(=O)[C@@H]1CCCCN1)C1CCCC1)C(=O)NC. The van der Waals surface area contributed by atoms with Gasteiger partial charge in [0.15, 0.2) is 0 Å². The van der Waals surface area contributed by atoms with Gasteiger partial charge in [0.25, 0.3) is 0 Å². The van der Waals surface area contributed by atoms with Crippen molar-refractivity contribution in [3.63, 3.8) is 0 Å². The van der Waals surface area contributed by atoms with Gasteiger partial charge in [-0.1, -0.05) is 39.0 Å². The zero-order valence-electron chi connectivity index (χ0n) is 16.8. The van der Waals surface area contributed by atoms with Gasteiger partial charge in [0.2, 0.25) is 17.7 Å². The second-order valence-electron chi connectivity index (χ2n) is 7.85. The standard InChI is InChI=1S/C20H36N4O3/c1-3-4-11-16(18(25)21-2)23-20(27)17(14-9-5-6-10-14)24-19(26)15-12-7-8-13-22-15/h14-17,22H,3-13H2,1-2H3,(H,21,25)(H,23,27)(H,24,26)/t15-,16+,17+/m0/s1. The van der Waals surface area contributed by atoms with E-state index in [9.17, 15) is 14.4 Å². The number of carbonyl (C=O) groups is 3. The van der Waals surface area contributed by atoms with Crippen LogP contribution in [0.4, 0.5) is 0 Å². The van der Waals surface area contributed by atoms with Crippen LogP contribution in [0.25, 0.3) is 0 Å². The van der Waals surface area contributed by atoms with Crippen LogP contribution in [0.5, 0.6) is 0 Å². The molecule has 0 spiro atoms. The van der Waals surface area contributed by atoms with Crippen LogP contribution in [0.15, 0.2) is 0 Å². The highest BCUT2D eigenvalue weighted by Crippen LogP contribution is 2.28. The number of nitrogens with one attached hydrogen (secondary N) is 4. The summed E-state index contributed by atoms with van der Waals surface area (Å²) in [7, 11) is 1.58. The van der Waals surface area contributed by atoms with Crippen LogP contribution in [0.3, 0.4) is 0 Å². The van der Waals surface area contributed by atoms with Crippen molar-refractivity contribution in [1.82, 2.24) is 21.3 Å². The largest absolute Gasteiger partial charge is 0.357 e. The number of carbonyl (C=O) groups excluding carboxylic acids is 3. The Labute approximate surface area is 162 Å². The maximum atomic E-state index is 13.0. The third-order valence-electron chi connectivity index (χ3n) is 5.80. The lowest BCUT2D eigenvalue weighted by Crippen LogP contribution is -2.58. The van der Waals surface area contributed by atoms with Gasteiger partial charge in [-0.15, -0.1) is 0 Å². The Balaban J connectivity index is 2.03. The second-order valence-corrected chi connectivity index (χ2v) is 7.85. The molecule has 0 aromatic carbocycles. The molecule has 4 N–H and O–H groups in total. The minimum absolute atomic E-state index is 0.0909. The molecule has 1 aliphatic heterocycles. The zero-order valence-corrected chi connectivity index (χ0v) is 16.8. The molecule has 3 amide bonds. The molecule has 1 aliphatic carbocycles. The lowest BCUT2D eigenvalue weighted by Gasteiger charge is -2.29. The molecule has 0 unspecified atom stereocenters. The number of unbranched alkanes of at least 4 members (excludes halogenated alkanes) is 1. The fraction of sp³-hybridized carbons (Fsp3) is 0.850. The van der Waals surface area contributed by atoms with E-state index in [1.165, 1.54) is 0 Å². The van der Waals surface area contributed by atoms with E-state index in [2.05, 4.69) is 28.2 Å². The molecule has 1 saturated heterocycles. The highest BCUT2D eigenvalue weighted by Gasteiger charge is 2.35. The number of likely N-dealkylation sites (N-methyl/N-ethyl adjacent to an activating group) is 1. The zero-order chi connectivity index (χ0) is 19.6. The molecule has 2 fully saturated rings. The molecule has 7 heteroatoms.